The molecule has 0 atom stereocenters. The average molecular weight is 472 g/mol. The van der Waals surface area contributed by atoms with Gasteiger partial charge in [0.1, 0.15) is 0 Å². The van der Waals surface area contributed by atoms with Gasteiger partial charge in [0.05, 0.1) is 11.4 Å². The molecule has 0 amide bonds. The number of aliphatic imine (C=N–C) groups is 1. The number of rotatable bonds is 8. The highest BCUT2D eigenvalue weighted by atomic mass is 127. The van der Waals surface area contributed by atoms with Gasteiger partial charge in [-0.2, -0.15) is 5.10 Å². The standard InChI is InChI=1S/C14H28N6O2S.HI/c1-6-23(21,22)18-9-7-8-16-14(15-4)17-10-13-11(2)19-20(5)12(13)3;/h18H,6-10H2,1-5H3,(H2,15,16,17);1H. The van der Waals surface area contributed by atoms with Gasteiger partial charge in [-0.15, -0.1) is 24.0 Å². The summed E-state index contributed by atoms with van der Waals surface area (Å²) in [5.74, 6) is 0.791. The van der Waals surface area contributed by atoms with Crippen molar-refractivity contribution in [3.05, 3.63) is 17.0 Å². The Kier molecular flexibility index (Phi) is 10.5. The van der Waals surface area contributed by atoms with Gasteiger partial charge in [0.2, 0.25) is 10.0 Å². The Morgan fingerprint density at radius 1 is 1.25 bits per heavy atom. The summed E-state index contributed by atoms with van der Waals surface area (Å²) in [6, 6.07) is 0. The third-order valence-corrected chi connectivity index (χ3v) is 5.07. The smallest absolute Gasteiger partial charge is 0.211 e. The van der Waals surface area contributed by atoms with Gasteiger partial charge in [-0.05, 0) is 27.2 Å². The summed E-state index contributed by atoms with van der Waals surface area (Å²) in [4.78, 5) is 4.16. The highest BCUT2D eigenvalue weighted by molar-refractivity contribution is 14.0. The molecule has 0 radical (unpaired) electrons. The molecule has 1 aromatic heterocycles. The second-order valence-corrected chi connectivity index (χ2v) is 7.37. The Morgan fingerprint density at radius 3 is 2.42 bits per heavy atom. The van der Waals surface area contributed by atoms with Gasteiger partial charge < -0.3 is 10.6 Å². The van der Waals surface area contributed by atoms with E-state index in [4.69, 9.17) is 0 Å². The lowest BCUT2D eigenvalue weighted by Gasteiger charge is -2.12. The van der Waals surface area contributed by atoms with Gasteiger partial charge in [0, 0.05) is 45.0 Å². The monoisotopic (exact) mass is 472 g/mol. The van der Waals surface area contributed by atoms with Crippen molar-refractivity contribution in [1.82, 2.24) is 25.1 Å². The average Bonchev–Trinajstić information content (AvgIpc) is 2.75. The van der Waals surface area contributed by atoms with E-state index in [0.717, 1.165) is 17.0 Å². The van der Waals surface area contributed by atoms with E-state index in [0.29, 0.717) is 32.0 Å². The molecule has 0 unspecified atom stereocenters. The van der Waals surface area contributed by atoms with Crippen molar-refractivity contribution in [2.24, 2.45) is 12.0 Å². The van der Waals surface area contributed by atoms with Crippen molar-refractivity contribution in [3.8, 4) is 0 Å². The lowest BCUT2D eigenvalue weighted by atomic mass is 10.2. The van der Waals surface area contributed by atoms with Gasteiger partial charge in [0.15, 0.2) is 5.96 Å². The van der Waals surface area contributed by atoms with Crippen molar-refractivity contribution >= 4 is 40.0 Å². The maximum atomic E-state index is 11.3. The van der Waals surface area contributed by atoms with E-state index >= 15 is 0 Å². The first-order valence-electron chi connectivity index (χ1n) is 7.71. The van der Waals surface area contributed by atoms with E-state index in [2.05, 4.69) is 25.4 Å². The quantitative estimate of drug-likeness (QED) is 0.223. The first kappa shape index (κ1) is 23.1. The van der Waals surface area contributed by atoms with Crippen LogP contribution < -0.4 is 15.4 Å². The molecule has 0 aliphatic heterocycles. The molecule has 10 heteroatoms. The Hall–Kier alpha value is -0.880. The van der Waals surface area contributed by atoms with Gasteiger partial charge in [0.25, 0.3) is 0 Å². The second-order valence-electron chi connectivity index (χ2n) is 5.28. The second kappa shape index (κ2) is 10.9. The Labute approximate surface area is 162 Å². The maximum Gasteiger partial charge on any atom is 0.211 e. The predicted molar refractivity (Wildman–Crippen MR) is 108 cm³/mol. The molecular formula is C14H29IN6O2S. The lowest BCUT2D eigenvalue weighted by Crippen LogP contribution is -2.38. The van der Waals surface area contributed by atoms with Gasteiger partial charge in [-0.1, -0.05) is 0 Å². The molecule has 0 spiro atoms. The summed E-state index contributed by atoms with van der Waals surface area (Å²) in [7, 11) is 0.521. The zero-order chi connectivity index (χ0) is 17.5. The molecule has 1 rings (SSSR count). The van der Waals surface area contributed by atoms with Crippen molar-refractivity contribution < 1.29 is 8.42 Å². The minimum Gasteiger partial charge on any atom is -0.356 e. The molecule has 0 saturated carbocycles. The van der Waals surface area contributed by atoms with Crippen LogP contribution in [0, 0.1) is 13.8 Å². The number of guanidine groups is 1. The van der Waals surface area contributed by atoms with Crippen LogP contribution in [0.25, 0.3) is 0 Å². The lowest BCUT2D eigenvalue weighted by molar-refractivity contribution is 0.579. The SMILES string of the molecule is CCS(=O)(=O)NCCCNC(=NC)NCc1c(C)nn(C)c1C.I. The molecule has 0 aromatic carbocycles. The molecule has 140 valence electrons. The molecule has 0 bridgehead atoms. The molecule has 1 heterocycles. The van der Waals surface area contributed by atoms with Crippen LogP contribution in [0.5, 0.6) is 0 Å². The van der Waals surface area contributed by atoms with Gasteiger partial charge >= 0.3 is 0 Å². The van der Waals surface area contributed by atoms with E-state index < -0.39 is 10.0 Å². The normalized spacial score (nSPS) is 12.0. The Bertz CT molecular complexity index is 642. The fourth-order valence-corrected chi connectivity index (χ4v) is 2.75. The van der Waals surface area contributed by atoms with Crippen LogP contribution in [0.2, 0.25) is 0 Å². The highest BCUT2D eigenvalue weighted by Gasteiger charge is 2.09. The van der Waals surface area contributed by atoms with E-state index in [1.165, 1.54) is 0 Å². The number of hydrogen-bond donors (Lipinski definition) is 3. The zero-order valence-corrected chi connectivity index (χ0v) is 18.2. The Morgan fingerprint density at radius 2 is 1.92 bits per heavy atom. The number of sulfonamides is 1. The van der Waals surface area contributed by atoms with Crippen molar-refractivity contribution in [2.45, 2.75) is 33.7 Å². The molecule has 0 saturated heterocycles. The zero-order valence-electron chi connectivity index (χ0n) is 15.0. The summed E-state index contributed by atoms with van der Waals surface area (Å²) < 4.78 is 27.0. The first-order chi connectivity index (χ1) is 10.8. The summed E-state index contributed by atoms with van der Waals surface area (Å²) in [6.07, 6.45) is 0.685. The maximum absolute atomic E-state index is 11.3. The van der Waals surface area contributed by atoms with E-state index in [1.807, 2.05) is 25.6 Å². The highest BCUT2D eigenvalue weighted by Crippen LogP contribution is 2.10. The van der Waals surface area contributed by atoms with Crippen molar-refractivity contribution in [2.75, 3.05) is 25.9 Å². The molecule has 0 aliphatic rings. The van der Waals surface area contributed by atoms with Crippen LogP contribution in [0.3, 0.4) is 0 Å². The number of nitrogens with zero attached hydrogens (tertiary/aromatic N) is 3. The van der Waals surface area contributed by atoms with Crippen LogP contribution in [0.4, 0.5) is 0 Å². The number of halogens is 1. The van der Waals surface area contributed by atoms with E-state index in [9.17, 15) is 8.42 Å². The molecule has 0 fully saturated rings. The molecule has 1 aromatic rings. The summed E-state index contributed by atoms with van der Waals surface area (Å²) in [5, 5.41) is 10.8. The third kappa shape index (κ3) is 7.34. The number of aromatic nitrogens is 2. The van der Waals surface area contributed by atoms with Crippen LogP contribution in [0.1, 0.15) is 30.3 Å². The number of aryl methyl sites for hydroxylation is 2. The van der Waals surface area contributed by atoms with E-state index in [1.54, 1.807) is 14.0 Å². The van der Waals surface area contributed by atoms with Crippen LogP contribution in [0.15, 0.2) is 4.99 Å². The fraction of sp³-hybridized carbons (Fsp3) is 0.714. The largest absolute Gasteiger partial charge is 0.356 e. The Balaban J connectivity index is 0.00000529. The van der Waals surface area contributed by atoms with Crippen LogP contribution in [-0.2, 0) is 23.6 Å². The van der Waals surface area contributed by atoms with E-state index in [-0.39, 0.29) is 29.7 Å². The molecule has 8 nitrogen and oxygen atoms in total. The molecular weight excluding hydrogens is 443 g/mol. The minimum absolute atomic E-state index is 0. The number of hydrogen-bond acceptors (Lipinski definition) is 4. The number of nitrogens with one attached hydrogen (secondary N) is 3. The first-order valence-corrected chi connectivity index (χ1v) is 9.36. The van der Waals surface area contributed by atoms with Gasteiger partial charge in [-0.3, -0.25) is 9.67 Å². The van der Waals surface area contributed by atoms with Crippen LogP contribution >= 0.6 is 24.0 Å². The summed E-state index contributed by atoms with van der Waals surface area (Å²) in [6.45, 7) is 7.34. The summed E-state index contributed by atoms with van der Waals surface area (Å²) >= 11 is 0. The molecule has 0 aliphatic carbocycles. The fourth-order valence-electron chi connectivity index (χ4n) is 2.09. The van der Waals surface area contributed by atoms with Crippen LogP contribution in [-0.4, -0.2) is 50.0 Å². The predicted octanol–water partition coefficient (Wildman–Crippen LogP) is 0.649. The third-order valence-electron chi connectivity index (χ3n) is 3.66. The topological polar surface area (TPSA) is 100 Å². The van der Waals surface area contributed by atoms with Crippen molar-refractivity contribution in [1.29, 1.82) is 0 Å². The summed E-state index contributed by atoms with van der Waals surface area (Å²) in [5.41, 5.74) is 3.28. The molecule has 24 heavy (non-hydrogen) atoms. The minimum atomic E-state index is -3.11. The molecule has 3 N–H and O–H groups in total. The van der Waals surface area contributed by atoms with Crippen molar-refractivity contribution in [3.63, 3.8) is 0 Å². The van der Waals surface area contributed by atoms with Gasteiger partial charge in [-0.25, -0.2) is 13.1 Å².